The lowest BCUT2D eigenvalue weighted by molar-refractivity contribution is 0.0642. The summed E-state index contributed by atoms with van der Waals surface area (Å²) in [6, 6.07) is 11.3. The van der Waals surface area contributed by atoms with Gasteiger partial charge in [-0.15, -0.1) is 0 Å². The van der Waals surface area contributed by atoms with Crippen LogP contribution < -0.4 is 14.8 Å². The van der Waals surface area contributed by atoms with E-state index in [9.17, 15) is 4.79 Å². The topological polar surface area (TPSA) is 63.7 Å². The number of pyridine rings is 1. The number of amides is 1. The largest absolute Gasteiger partial charge is 0.493 e. The predicted molar refractivity (Wildman–Crippen MR) is 113 cm³/mol. The Morgan fingerprint density at radius 2 is 2.17 bits per heavy atom. The van der Waals surface area contributed by atoms with Crippen LogP contribution in [0.2, 0.25) is 0 Å². The Labute approximate surface area is 172 Å². The Balaban J connectivity index is 1.87. The van der Waals surface area contributed by atoms with Crippen molar-refractivity contribution in [1.82, 2.24) is 15.2 Å². The lowest BCUT2D eigenvalue weighted by Gasteiger charge is -2.31. The quantitative estimate of drug-likeness (QED) is 0.694. The van der Waals surface area contributed by atoms with Crippen LogP contribution in [0.5, 0.6) is 11.5 Å². The molecule has 1 aromatic carbocycles. The van der Waals surface area contributed by atoms with E-state index in [1.165, 1.54) is 0 Å². The van der Waals surface area contributed by atoms with Gasteiger partial charge in [0.25, 0.3) is 5.91 Å². The summed E-state index contributed by atoms with van der Waals surface area (Å²) in [7, 11) is 1.58. The van der Waals surface area contributed by atoms with E-state index in [1.54, 1.807) is 37.6 Å². The van der Waals surface area contributed by atoms with Crippen molar-refractivity contribution in [3.8, 4) is 11.5 Å². The molecule has 2 heterocycles. The van der Waals surface area contributed by atoms with Crippen molar-refractivity contribution in [2.24, 2.45) is 0 Å². The van der Waals surface area contributed by atoms with E-state index in [4.69, 9.17) is 9.47 Å². The zero-order valence-electron chi connectivity index (χ0n) is 17.0. The monoisotopic (exact) mass is 395 g/mol. The molecule has 1 saturated heterocycles. The van der Waals surface area contributed by atoms with Crippen molar-refractivity contribution < 1.29 is 14.3 Å². The SMILES string of the molecule is C=CCOc1ccc(C(=O)N(Cc2ccccn2)C2CCCNCC2)cc1OC. The summed E-state index contributed by atoms with van der Waals surface area (Å²) in [5.41, 5.74) is 1.47. The Kier molecular flexibility index (Phi) is 7.64. The Morgan fingerprint density at radius 3 is 2.93 bits per heavy atom. The summed E-state index contributed by atoms with van der Waals surface area (Å²) in [5, 5.41) is 3.42. The molecule has 6 heteroatoms. The van der Waals surface area contributed by atoms with Crippen molar-refractivity contribution in [3.63, 3.8) is 0 Å². The fourth-order valence-corrected chi connectivity index (χ4v) is 3.58. The number of nitrogens with one attached hydrogen (secondary N) is 1. The maximum Gasteiger partial charge on any atom is 0.254 e. The molecule has 0 saturated carbocycles. The maximum atomic E-state index is 13.5. The lowest BCUT2D eigenvalue weighted by Crippen LogP contribution is -2.40. The molecule has 1 amide bonds. The minimum Gasteiger partial charge on any atom is -0.493 e. The summed E-state index contributed by atoms with van der Waals surface area (Å²) < 4.78 is 11.1. The second-order valence-electron chi connectivity index (χ2n) is 7.05. The molecule has 1 aliphatic rings. The Hall–Kier alpha value is -2.86. The summed E-state index contributed by atoms with van der Waals surface area (Å²) in [5.74, 6) is 1.12. The number of nitrogens with zero attached hydrogens (tertiary/aromatic N) is 2. The Morgan fingerprint density at radius 1 is 1.28 bits per heavy atom. The first-order chi connectivity index (χ1) is 14.2. The lowest BCUT2D eigenvalue weighted by atomic mass is 10.0. The molecule has 154 valence electrons. The summed E-state index contributed by atoms with van der Waals surface area (Å²) in [6.45, 7) is 6.43. The fraction of sp³-hybridized carbons (Fsp3) is 0.391. The zero-order chi connectivity index (χ0) is 20.5. The maximum absolute atomic E-state index is 13.5. The predicted octanol–water partition coefficient (Wildman–Crippen LogP) is 3.44. The van der Waals surface area contributed by atoms with Gasteiger partial charge in [0.2, 0.25) is 0 Å². The van der Waals surface area contributed by atoms with Gasteiger partial charge in [0.15, 0.2) is 11.5 Å². The molecule has 1 fully saturated rings. The molecule has 1 aromatic heterocycles. The first-order valence-corrected chi connectivity index (χ1v) is 10.1. The smallest absolute Gasteiger partial charge is 0.254 e. The standard InChI is InChI=1S/C23H29N3O3/c1-3-15-29-21-10-9-18(16-22(21)28-2)23(27)26(17-19-7-4-5-13-25-19)20-8-6-12-24-14-11-20/h3-5,7,9-10,13,16,20,24H,1,6,8,11-12,14-15,17H2,2H3. The van der Waals surface area contributed by atoms with Crippen LogP contribution >= 0.6 is 0 Å². The third kappa shape index (κ3) is 5.57. The number of methoxy groups -OCH3 is 1. The van der Waals surface area contributed by atoms with Gasteiger partial charge in [-0.25, -0.2) is 0 Å². The van der Waals surface area contributed by atoms with E-state index >= 15 is 0 Å². The number of hydrogen-bond donors (Lipinski definition) is 1. The van der Waals surface area contributed by atoms with Gasteiger partial charge in [-0.05, 0) is 62.7 Å². The first-order valence-electron chi connectivity index (χ1n) is 10.1. The number of rotatable bonds is 8. The molecule has 3 rings (SSSR count). The highest BCUT2D eigenvalue weighted by Crippen LogP contribution is 2.29. The normalized spacial score (nSPS) is 16.5. The molecule has 29 heavy (non-hydrogen) atoms. The number of aromatic nitrogens is 1. The Bertz CT molecular complexity index is 802. The van der Waals surface area contributed by atoms with Crippen LogP contribution in [0.15, 0.2) is 55.3 Å². The van der Waals surface area contributed by atoms with Crippen LogP contribution in [-0.2, 0) is 6.54 Å². The zero-order valence-corrected chi connectivity index (χ0v) is 17.0. The summed E-state index contributed by atoms with van der Waals surface area (Å²) in [4.78, 5) is 19.9. The number of benzene rings is 1. The van der Waals surface area contributed by atoms with E-state index < -0.39 is 0 Å². The molecule has 1 unspecified atom stereocenters. The third-order valence-corrected chi connectivity index (χ3v) is 5.07. The van der Waals surface area contributed by atoms with E-state index in [1.807, 2.05) is 23.1 Å². The fourth-order valence-electron chi connectivity index (χ4n) is 3.58. The average Bonchev–Trinajstić information content (AvgIpc) is 3.05. The molecular formula is C23H29N3O3. The van der Waals surface area contributed by atoms with Gasteiger partial charge in [-0.3, -0.25) is 9.78 Å². The molecule has 0 radical (unpaired) electrons. The molecule has 1 N–H and O–H groups in total. The van der Waals surface area contributed by atoms with E-state index in [0.717, 1.165) is 38.0 Å². The minimum atomic E-state index is -0.0175. The molecule has 2 aromatic rings. The molecule has 1 atom stereocenters. The van der Waals surface area contributed by atoms with Gasteiger partial charge < -0.3 is 19.7 Å². The van der Waals surface area contributed by atoms with Gasteiger partial charge in [0, 0.05) is 17.8 Å². The van der Waals surface area contributed by atoms with Gasteiger partial charge in [-0.1, -0.05) is 18.7 Å². The molecule has 0 spiro atoms. The van der Waals surface area contributed by atoms with Crippen LogP contribution in [-0.4, -0.2) is 48.6 Å². The highest BCUT2D eigenvalue weighted by Gasteiger charge is 2.26. The van der Waals surface area contributed by atoms with Crippen LogP contribution in [0.4, 0.5) is 0 Å². The van der Waals surface area contributed by atoms with Crippen molar-refractivity contribution in [3.05, 3.63) is 66.5 Å². The highest BCUT2D eigenvalue weighted by atomic mass is 16.5. The van der Waals surface area contributed by atoms with Crippen LogP contribution in [0.1, 0.15) is 35.3 Å². The van der Waals surface area contributed by atoms with Gasteiger partial charge in [0.05, 0.1) is 19.3 Å². The van der Waals surface area contributed by atoms with Crippen molar-refractivity contribution in [2.45, 2.75) is 31.8 Å². The average molecular weight is 396 g/mol. The van der Waals surface area contributed by atoms with E-state index in [-0.39, 0.29) is 11.9 Å². The molecule has 0 bridgehead atoms. The second-order valence-corrected chi connectivity index (χ2v) is 7.05. The van der Waals surface area contributed by atoms with Gasteiger partial charge >= 0.3 is 0 Å². The van der Waals surface area contributed by atoms with Crippen LogP contribution in [0, 0.1) is 0 Å². The minimum absolute atomic E-state index is 0.0175. The number of carbonyl (C=O) groups is 1. The van der Waals surface area contributed by atoms with Crippen molar-refractivity contribution in [2.75, 3.05) is 26.8 Å². The van der Waals surface area contributed by atoms with Crippen molar-refractivity contribution >= 4 is 5.91 Å². The van der Waals surface area contributed by atoms with Crippen LogP contribution in [0.3, 0.4) is 0 Å². The molecule has 0 aliphatic carbocycles. The summed E-state index contributed by atoms with van der Waals surface area (Å²) >= 11 is 0. The van der Waals surface area contributed by atoms with Gasteiger partial charge in [0.1, 0.15) is 6.61 Å². The van der Waals surface area contributed by atoms with Crippen LogP contribution in [0.25, 0.3) is 0 Å². The number of hydrogen-bond acceptors (Lipinski definition) is 5. The molecular weight excluding hydrogens is 366 g/mol. The van der Waals surface area contributed by atoms with E-state index in [0.29, 0.717) is 30.2 Å². The highest BCUT2D eigenvalue weighted by molar-refractivity contribution is 5.95. The first kappa shape index (κ1) is 20.9. The number of carbonyl (C=O) groups excluding carboxylic acids is 1. The molecule has 6 nitrogen and oxygen atoms in total. The van der Waals surface area contributed by atoms with E-state index in [2.05, 4.69) is 16.9 Å². The number of ether oxygens (including phenoxy) is 2. The van der Waals surface area contributed by atoms with Crippen molar-refractivity contribution in [1.29, 1.82) is 0 Å². The molecule has 1 aliphatic heterocycles. The third-order valence-electron chi connectivity index (χ3n) is 5.07. The summed E-state index contributed by atoms with van der Waals surface area (Å²) in [6.07, 6.45) is 6.39. The van der Waals surface area contributed by atoms with Gasteiger partial charge in [-0.2, -0.15) is 0 Å². The second kappa shape index (κ2) is 10.6.